The van der Waals surface area contributed by atoms with Crippen molar-refractivity contribution in [2.24, 2.45) is 5.92 Å². The zero-order valence-electron chi connectivity index (χ0n) is 13.9. The smallest absolute Gasteiger partial charge is 0.328 e. The number of rotatable bonds is 7. The Hall–Kier alpha value is -1.10. The van der Waals surface area contributed by atoms with Gasteiger partial charge < -0.3 is 10.1 Å². The van der Waals surface area contributed by atoms with Crippen LogP contribution in [0.25, 0.3) is 0 Å². The van der Waals surface area contributed by atoms with Crippen LogP contribution in [-0.2, 0) is 14.3 Å². The number of hydrogen-bond acceptors (Lipinski definition) is 4. The van der Waals surface area contributed by atoms with Crippen molar-refractivity contribution in [2.75, 3.05) is 20.2 Å². The lowest BCUT2D eigenvalue weighted by molar-refractivity contribution is -0.145. The van der Waals surface area contributed by atoms with E-state index in [1.54, 1.807) is 0 Å². The normalized spacial score (nSPS) is 21.1. The number of esters is 1. The average molecular weight is 298 g/mol. The van der Waals surface area contributed by atoms with Crippen LogP contribution < -0.4 is 5.32 Å². The number of carbonyl (C=O) groups is 2. The minimum absolute atomic E-state index is 0.0774. The van der Waals surface area contributed by atoms with E-state index in [0.717, 1.165) is 25.8 Å². The van der Waals surface area contributed by atoms with E-state index in [1.165, 1.54) is 13.5 Å². The fourth-order valence-corrected chi connectivity index (χ4v) is 2.98. The molecule has 1 N–H and O–H groups in total. The largest absolute Gasteiger partial charge is 0.467 e. The van der Waals surface area contributed by atoms with E-state index in [2.05, 4.69) is 17.1 Å². The van der Waals surface area contributed by atoms with Crippen LogP contribution in [-0.4, -0.2) is 49.1 Å². The molecule has 1 aliphatic rings. The van der Waals surface area contributed by atoms with Gasteiger partial charge in [-0.3, -0.25) is 9.69 Å². The van der Waals surface area contributed by atoms with Crippen LogP contribution in [0.15, 0.2) is 0 Å². The number of nitrogens with zero attached hydrogens (tertiary/aromatic N) is 1. The second-order valence-corrected chi connectivity index (χ2v) is 6.30. The first kappa shape index (κ1) is 18.0. The molecule has 1 saturated heterocycles. The highest BCUT2D eigenvalue weighted by Gasteiger charge is 2.26. The molecule has 21 heavy (non-hydrogen) atoms. The van der Waals surface area contributed by atoms with Crippen molar-refractivity contribution in [3.63, 3.8) is 0 Å². The predicted molar refractivity (Wildman–Crippen MR) is 82.9 cm³/mol. The van der Waals surface area contributed by atoms with Crippen molar-refractivity contribution >= 4 is 11.9 Å². The topological polar surface area (TPSA) is 58.6 Å². The highest BCUT2D eigenvalue weighted by atomic mass is 16.5. The van der Waals surface area contributed by atoms with Gasteiger partial charge in [-0.1, -0.05) is 27.2 Å². The van der Waals surface area contributed by atoms with Gasteiger partial charge in [0.25, 0.3) is 0 Å². The fraction of sp³-hybridized carbons (Fsp3) is 0.875. The van der Waals surface area contributed by atoms with Crippen LogP contribution in [0.1, 0.15) is 52.9 Å². The summed E-state index contributed by atoms with van der Waals surface area (Å²) in [6.07, 6.45) is 5.23. The molecule has 2 atom stereocenters. The van der Waals surface area contributed by atoms with Gasteiger partial charge in [0.1, 0.15) is 6.04 Å². The molecule has 2 unspecified atom stereocenters. The van der Waals surface area contributed by atoms with E-state index in [-0.39, 0.29) is 11.9 Å². The number of carbonyl (C=O) groups excluding carboxylic acids is 2. The minimum Gasteiger partial charge on any atom is -0.467 e. The highest BCUT2D eigenvalue weighted by Crippen LogP contribution is 2.18. The van der Waals surface area contributed by atoms with Crippen LogP contribution in [0.3, 0.4) is 0 Å². The van der Waals surface area contributed by atoms with Gasteiger partial charge in [0, 0.05) is 6.04 Å². The molecule has 5 nitrogen and oxygen atoms in total. The maximum atomic E-state index is 12.2. The molecule has 1 amide bonds. The Kier molecular flexibility index (Phi) is 7.72. The average Bonchev–Trinajstić information content (AvgIpc) is 2.45. The lowest BCUT2D eigenvalue weighted by atomic mass is 10.00. The summed E-state index contributed by atoms with van der Waals surface area (Å²) >= 11 is 0. The lowest BCUT2D eigenvalue weighted by Crippen LogP contribution is -2.49. The van der Waals surface area contributed by atoms with E-state index in [4.69, 9.17) is 4.74 Å². The summed E-state index contributed by atoms with van der Waals surface area (Å²) in [5, 5.41) is 2.84. The summed E-state index contributed by atoms with van der Waals surface area (Å²) in [4.78, 5) is 26.2. The summed E-state index contributed by atoms with van der Waals surface area (Å²) < 4.78 is 4.78. The SMILES string of the molecule is CCC1CCCCN1CC(=O)NC(CC(C)C)C(=O)OC. The van der Waals surface area contributed by atoms with E-state index in [0.29, 0.717) is 24.9 Å². The second kappa shape index (κ2) is 9.03. The zero-order chi connectivity index (χ0) is 15.8. The second-order valence-electron chi connectivity index (χ2n) is 6.30. The van der Waals surface area contributed by atoms with Crippen molar-refractivity contribution in [3.8, 4) is 0 Å². The Balaban J connectivity index is 2.54. The van der Waals surface area contributed by atoms with Gasteiger partial charge in [-0.05, 0) is 38.1 Å². The van der Waals surface area contributed by atoms with E-state index in [9.17, 15) is 9.59 Å². The third-order valence-electron chi connectivity index (χ3n) is 4.10. The number of ether oxygens (including phenoxy) is 1. The Morgan fingerprint density at radius 1 is 1.33 bits per heavy atom. The van der Waals surface area contributed by atoms with Gasteiger partial charge in [-0.15, -0.1) is 0 Å². The number of methoxy groups -OCH3 is 1. The van der Waals surface area contributed by atoms with E-state index in [1.807, 2.05) is 13.8 Å². The van der Waals surface area contributed by atoms with Crippen LogP contribution in [0.4, 0.5) is 0 Å². The maximum Gasteiger partial charge on any atom is 0.328 e. The molecule has 1 aliphatic heterocycles. The van der Waals surface area contributed by atoms with E-state index < -0.39 is 6.04 Å². The molecule has 0 bridgehead atoms. The molecule has 0 spiro atoms. The van der Waals surface area contributed by atoms with Crippen LogP contribution >= 0.6 is 0 Å². The highest BCUT2D eigenvalue weighted by molar-refractivity contribution is 5.85. The van der Waals surface area contributed by atoms with Gasteiger partial charge in [0.15, 0.2) is 0 Å². The molecule has 5 heteroatoms. The number of nitrogens with one attached hydrogen (secondary N) is 1. The Bertz CT molecular complexity index is 344. The summed E-state index contributed by atoms with van der Waals surface area (Å²) in [5.74, 6) is -0.109. The molecule has 0 aromatic carbocycles. The number of amides is 1. The Labute approximate surface area is 128 Å². The molecule has 0 aromatic heterocycles. The monoisotopic (exact) mass is 298 g/mol. The van der Waals surface area contributed by atoms with Crippen molar-refractivity contribution in [2.45, 2.75) is 65.0 Å². The first-order valence-corrected chi connectivity index (χ1v) is 8.09. The van der Waals surface area contributed by atoms with Gasteiger partial charge >= 0.3 is 5.97 Å². The standard InChI is InChI=1S/C16H30N2O3/c1-5-13-8-6-7-9-18(13)11-15(19)17-14(10-12(2)3)16(20)21-4/h12-14H,5-11H2,1-4H3,(H,17,19). The van der Waals surface area contributed by atoms with Gasteiger partial charge in [-0.2, -0.15) is 0 Å². The van der Waals surface area contributed by atoms with Crippen molar-refractivity contribution in [1.82, 2.24) is 10.2 Å². The lowest BCUT2D eigenvalue weighted by Gasteiger charge is -2.34. The molecule has 1 rings (SSSR count). The summed E-state index contributed by atoms with van der Waals surface area (Å²) in [7, 11) is 1.36. The Morgan fingerprint density at radius 3 is 2.62 bits per heavy atom. The molecule has 0 radical (unpaired) electrons. The van der Waals surface area contributed by atoms with Gasteiger partial charge in [0.05, 0.1) is 13.7 Å². The third-order valence-corrected chi connectivity index (χ3v) is 4.10. The first-order valence-electron chi connectivity index (χ1n) is 8.09. The number of hydrogen-bond donors (Lipinski definition) is 1. The van der Waals surface area contributed by atoms with Crippen LogP contribution in [0.2, 0.25) is 0 Å². The summed E-state index contributed by atoms with van der Waals surface area (Å²) in [6, 6.07) is -0.0430. The predicted octanol–water partition coefficient (Wildman–Crippen LogP) is 1.95. The van der Waals surface area contributed by atoms with Crippen LogP contribution in [0, 0.1) is 5.92 Å². The summed E-state index contributed by atoms with van der Waals surface area (Å²) in [5.41, 5.74) is 0. The quantitative estimate of drug-likeness (QED) is 0.730. The Morgan fingerprint density at radius 2 is 2.05 bits per heavy atom. The molecular weight excluding hydrogens is 268 g/mol. The molecule has 1 heterocycles. The molecular formula is C16H30N2O3. The molecule has 0 aromatic rings. The van der Waals surface area contributed by atoms with Gasteiger partial charge in [0.2, 0.25) is 5.91 Å². The third kappa shape index (κ3) is 6.04. The molecule has 122 valence electrons. The van der Waals surface area contributed by atoms with Crippen molar-refractivity contribution in [3.05, 3.63) is 0 Å². The zero-order valence-corrected chi connectivity index (χ0v) is 13.9. The maximum absolute atomic E-state index is 12.2. The van der Waals surface area contributed by atoms with Crippen molar-refractivity contribution in [1.29, 1.82) is 0 Å². The van der Waals surface area contributed by atoms with Crippen molar-refractivity contribution < 1.29 is 14.3 Å². The summed E-state index contributed by atoms with van der Waals surface area (Å²) in [6.45, 7) is 7.57. The first-order chi connectivity index (χ1) is 9.97. The number of piperidine rings is 1. The molecule has 0 saturated carbocycles. The van der Waals surface area contributed by atoms with Crippen LogP contribution in [0.5, 0.6) is 0 Å². The fourth-order valence-electron chi connectivity index (χ4n) is 2.98. The van der Waals surface area contributed by atoms with E-state index >= 15 is 0 Å². The minimum atomic E-state index is -0.535. The molecule has 1 fully saturated rings. The van der Waals surface area contributed by atoms with Gasteiger partial charge in [-0.25, -0.2) is 4.79 Å². The number of likely N-dealkylation sites (tertiary alicyclic amines) is 1. The molecule has 0 aliphatic carbocycles.